The van der Waals surface area contributed by atoms with Gasteiger partial charge >= 0.3 is 5.97 Å². The first kappa shape index (κ1) is 18.5. The van der Waals surface area contributed by atoms with Crippen LogP contribution < -0.4 is 5.73 Å². The van der Waals surface area contributed by atoms with Gasteiger partial charge in [-0.05, 0) is 18.6 Å². The smallest absolute Gasteiger partial charge is 0.338 e. The van der Waals surface area contributed by atoms with E-state index in [1.165, 1.54) is 0 Å². The number of nitrogens with two attached hydrogens (primary N) is 1. The van der Waals surface area contributed by atoms with E-state index in [0.29, 0.717) is 5.56 Å². The molecule has 1 aromatic rings. The lowest BCUT2D eigenvalue weighted by Gasteiger charge is -2.28. The molecule has 1 heterocycles. The number of halogens is 3. The fourth-order valence-corrected chi connectivity index (χ4v) is 3.02. The summed E-state index contributed by atoms with van der Waals surface area (Å²) < 4.78 is 10.4. The molecule has 0 saturated carbocycles. The number of nitrogens with zero attached hydrogens (tertiary/aromatic N) is 1. The summed E-state index contributed by atoms with van der Waals surface area (Å²) in [5.41, 5.74) is 6.39. The van der Waals surface area contributed by atoms with Gasteiger partial charge in [0.05, 0.1) is 34.0 Å². The van der Waals surface area contributed by atoms with Crippen LogP contribution in [0.15, 0.2) is 41.0 Å². The zero-order chi connectivity index (χ0) is 17.9. The Labute approximate surface area is 154 Å². The summed E-state index contributed by atoms with van der Waals surface area (Å²) in [4.78, 5) is 12.4. The number of carbonyl (C=O) groups is 1. The summed E-state index contributed by atoms with van der Waals surface area (Å²) in [6.07, 6.45) is 0. The Morgan fingerprint density at radius 2 is 2.17 bits per heavy atom. The molecule has 1 aliphatic rings. The molecule has 1 aromatic carbocycles. The fraction of sp³-hybridized carbons (Fsp3) is 0.250. The predicted octanol–water partition coefficient (Wildman–Crippen LogP) is 3.86. The summed E-state index contributed by atoms with van der Waals surface area (Å²) >= 11 is 18.2. The molecular weight excluding hydrogens is 375 g/mol. The third kappa shape index (κ3) is 3.32. The molecule has 1 aliphatic heterocycles. The van der Waals surface area contributed by atoms with E-state index in [-0.39, 0.29) is 45.3 Å². The SMILES string of the molecule is CCOC(=O)C1=C(CCl)OC(N)=C(C#N)[C@@H]1c1cccc(Cl)c1Cl. The highest BCUT2D eigenvalue weighted by Crippen LogP contribution is 2.43. The number of hydrogen-bond acceptors (Lipinski definition) is 5. The first-order valence-electron chi connectivity index (χ1n) is 6.93. The van der Waals surface area contributed by atoms with Crippen LogP contribution in [-0.2, 0) is 14.3 Å². The molecule has 0 unspecified atom stereocenters. The van der Waals surface area contributed by atoms with Gasteiger partial charge in [0, 0.05) is 0 Å². The molecule has 2 rings (SSSR count). The number of allylic oxidation sites excluding steroid dienone is 2. The van der Waals surface area contributed by atoms with Gasteiger partial charge in [-0.25, -0.2) is 4.79 Å². The Hall–Kier alpha value is -1.87. The molecule has 0 amide bonds. The van der Waals surface area contributed by atoms with Gasteiger partial charge in [-0.15, -0.1) is 11.6 Å². The van der Waals surface area contributed by atoms with E-state index < -0.39 is 11.9 Å². The average molecular weight is 388 g/mol. The average Bonchev–Trinajstić information content (AvgIpc) is 2.56. The van der Waals surface area contributed by atoms with E-state index in [2.05, 4.69) is 0 Å². The van der Waals surface area contributed by atoms with Crippen molar-refractivity contribution in [2.75, 3.05) is 12.5 Å². The molecule has 0 aliphatic carbocycles. The molecular formula is C16H13Cl3N2O3. The van der Waals surface area contributed by atoms with Crippen molar-refractivity contribution in [3.8, 4) is 6.07 Å². The number of ether oxygens (including phenoxy) is 2. The van der Waals surface area contributed by atoms with E-state index in [9.17, 15) is 10.1 Å². The van der Waals surface area contributed by atoms with E-state index in [4.69, 9.17) is 50.0 Å². The molecule has 1 atom stereocenters. The second-order valence-electron chi connectivity index (χ2n) is 4.76. The van der Waals surface area contributed by atoms with Gasteiger partial charge in [0.2, 0.25) is 5.88 Å². The third-order valence-corrected chi connectivity index (χ3v) is 4.48. The zero-order valence-corrected chi connectivity index (χ0v) is 14.9. The lowest BCUT2D eigenvalue weighted by Crippen LogP contribution is -2.27. The van der Waals surface area contributed by atoms with E-state index >= 15 is 0 Å². The maximum atomic E-state index is 12.4. The number of hydrogen-bond donors (Lipinski definition) is 1. The summed E-state index contributed by atoms with van der Waals surface area (Å²) in [6, 6.07) is 6.88. The Morgan fingerprint density at radius 1 is 1.46 bits per heavy atom. The van der Waals surface area contributed by atoms with Crippen molar-refractivity contribution >= 4 is 40.8 Å². The first-order valence-corrected chi connectivity index (χ1v) is 8.22. The second kappa shape index (κ2) is 7.80. The predicted molar refractivity (Wildman–Crippen MR) is 91.5 cm³/mol. The van der Waals surface area contributed by atoms with Crippen molar-refractivity contribution < 1.29 is 14.3 Å². The standard InChI is InChI=1S/C16H13Cl3N2O3/c1-2-23-16(22)13-11(6-17)24-15(21)9(7-20)12(13)8-4-3-5-10(18)14(8)19/h3-5,12H,2,6,21H2,1H3/t12-/m0/s1. The molecule has 0 fully saturated rings. The van der Waals surface area contributed by atoms with Crippen LogP contribution in [0.4, 0.5) is 0 Å². The molecule has 0 saturated heterocycles. The minimum absolute atomic E-state index is 0.0380. The highest BCUT2D eigenvalue weighted by Gasteiger charge is 2.38. The van der Waals surface area contributed by atoms with E-state index in [0.717, 1.165) is 0 Å². The van der Waals surface area contributed by atoms with Gasteiger partial charge in [-0.3, -0.25) is 0 Å². The lowest BCUT2D eigenvalue weighted by atomic mass is 9.83. The summed E-state index contributed by atoms with van der Waals surface area (Å²) in [5, 5.41) is 9.99. The van der Waals surface area contributed by atoms with Crippen LogP contribution in [0, 0.1) is 11.3 Å². The van der Waals surface area contributed by atoms with Crippen LogP contribution in [0.25, 0.3) is 0 Å². The molecule has 24 heavy (non-hydrogen) atoms. The van der Waals surface area contributed by atoms with Crippen molar-refractivity contribution in [3.63, 3.8) is 0 Å². The van der Waals surface area contributed by atoms with Crippen molar-refractivity contribution in [1.29, 1.82) is 5.26 Å². The van der Waals surface area contributed by atoms with Crippen LogP contribution in [0.3, 0.4) is 0 Å². The monoisotopic (exact) mass is 386 g/mol. The van der Waals surface area contributed by atoms with Gasteiger partial charge in [-0.2, -0.15) is 5.26 Å². The molecule has 0 bridgehead atoms. The number of esters is 1. The molecule has 0 spiro atoms. The van der Waals surface area contributed by atoms with Crippen LogP contribution >= 0.6 is 34.8 Å². The largest absolute Gasteiger partial charge is 0.463 e. The maximum absolute atomic E-state index is 12.4. The van der Waals surface area contributed by atoms with Crippen molar-refractivity contribution in [2.45, 2.75) is 12.8 Å². The van der Waals surface area contributed by atoms with Gasteiger partial charge in [0.1, 0.15) is 17.4 Å². The second-order valence-corrected chi connectivity index (χ2v) is 5.81. The number of alkyl halides is 1. The van der Waals surface area contributed by atoms with Crippen LogP contribution in [-0.4, -0.2) is 18.5 Å². The van der Waals surface area contributed by atoms with Crippen molar-refractivity contribution in [1.82, 2.24) is 0 Å². The lowest BCUT2D eigenvalue weighted by molar-refractivity contribution is -0.139. The number of nitriles is 1. The van der Waals surface area contributed by atoms with Crippen LogP contribution in [0.1, 0.15) is 18.4 Å². The maximum Gasteiger partial charge on any atom is 0.338 e. The third-order valence-electron chi connectivity index (χ3n) is 3.41. The Balaban J connectivity index is 2.73. The Kier molecular flexibility index (Phi) is 6.00. The molecule has 8 heteroatoms. The van der Waals surface area contributed by atoms with Crippen molar-refractivity contribution in [3.05, 3.63) is 56.6 Å². The topological polar surface area (TPSA) is 85.3 Å². The number of rotatable bonds is 4. The normalized spacial score (nSPS) is 17.4. The first-order chi connectivity index (χ1) is 11.5. The fourth-order valence-electron chi connectivity index (χ4n) is 2.40. The van der Waals surface area contributed by atoms with Crippen LogP contribution in [0.5, 0.6) is 0 Å². The minimum Gasteiger partial charge on any atom is -0.463 e. The summed E-state index contributed by atoms with van der Waals surface area (Å²) in [7, 11) is 0. The van der Waals surface area contributed by atoms with Gasteiger partial charge in [0.15, 0.2) is 0 Å². The van der Waals surface area contributed by atoms with Gasteiger partial charge < -0.3 is 15.2 Å². The quantitative estimate of drug-likeness (QED) is 0.626. The van der Waals surface area contributed by atoms with E-state index in [1.807, 2.05) is 6.07 Å². The number of carbonyl (C=O) groups excluding carboxylic acids is 1. The zero-order valence-electron chi connectivity index (χ0n) is 12.6. The number of benzene rings is 1. The summed E-state index contributed by atoms with van der Waals surface area (Å²) in [6.45, 7) is 1.81. The highest BCUT2D eigenvalue weighted by atomic mass is 35.5. The minimum atomic E-state index is -0.872. The molecule has 0 aromatic heterocycles. The molecule has 126 valence electrons. The van der Waals surface area contributed by atoms with Gasteiger partial charge in [-0.1, -0.05) is 35.3 Å². The highest BCUT2D eigenvalue weighted by molar-refractivity contribution is 6.42. The Bertz CT molecular complexity index is 781. The molecule has 2 N–H and O–H groups in total. The molecule has 0 radical (unpaired) electrons. The van der Waals surface area contributed by atoms with Gasteiger partial charge in [0.25, 0.3) is 0 Å². The summed E-state index contributed by atoms with van der Waals surface area (Å²) in [5.74, 6) is -1.67. The Morgan fingerprint density at radius 3 is 2.75 bits per heavy atom. The van der Waals surface area contributed by atoms with Crippen LogP contribution in [0.2, 0.25) is 10.0 Å². The van der Waals surface area contributed by atoms with E-state index in [1.54, 1.807) is 25.1 Å². The molecule has 5 nitrogen and oxygen atoms in total. The van der Waals surface area contributed by atoms with Crippen molar-refractivity contribution in [2.24, 2.45) is 5.73 Å².